The summed E-state index contributed by atoms with van der Waals surface area (Å²) in [5.74, 6) is 1.31. The Morgan fingerprint density at radius 3 is 2.79 bits per heavy atom. The van der Waals surface area contributed by atoms with Crippen LogP contribution in [0.1, 0.15) is 9.67 Å². The van der Waals surface area contributed by atoms with Gasteiger partial charge < -0.3 is 9.47 Å². The number of ether oxygens (including phenoxy) is 2. The Morgan fingerprint density at radius 2 is 2.00 bits per heavy atom. The van der Waals surface area contributed by atoms with Crippen LogP contribution in [0.4, 0.5) is 5.13 Å². The van der Waals surface area contributed by atoms with E-state index >= 15 is 0 Å². The van der Waals surface area contributed by atoms with Gasteiger partial charge in [-0.25, -0.2) is 4.98 Å². The number of nitrogens with one attached hydrogen (secondary N) is 1. The largest absolute Gasteiger partial charge is 0.486 e. The fourth-order valence-electron chi connectivity index (χ4n) is 2.26. The first-order valence-electron chi connectivity index (χ1n) is 7.11. The maximum absolute atomic E-state index is 12.2. The standard InChI is InChI=1S/C16H11BrN2O3S2/c17-14-4-3-13(24-14)15(20)19-16-18-10(8-23-16)9-1-2-11-12(7-9)22-6-5-21-11/h1-4,7-8H,5-6H2,(H,18,19,20). The molecule has 0 bridgehead atoms. The SMILES string of the molecule is O=C(Nc1nc(-c2ccc3c(c2)OCCO3)cs1)c1ccc(Br)s1. The number of hydrogen-bond donors (Lipinski definition) is 1. The molecule has 0 saturated heterocycles. The van der Waals surface area contributed by atoms with Crippen molar-refractivity contribution in [2.45, 2.75) is 0 Å². The summed E-state index contributed by atoms with van der Waals surface area (Å²) in [5, 5.41) is 5.30. The third kappa shape index (κ3) is 3.17. The van der Waals surface area contributed by atoms with Crippen molar-refractivity contribution < 1.29 is 14.3 Å². The minimum atomic E-state index is -0.159. The van der Waals surface area contributed by atoms with Crippen LogP contribution >= 0.6 is 38.6 Å². The van der Waals surface area contributed by atoms with Gasteiger partial charge in [0.15, 0.2) is 16.6 Å². The number of anilines is 1. The molecule has 1 N–H and O–H groups in total. The lowest BCUT2D eigenvalue weighted by Crippen LogP contribution is -2.15. The maximum atomic E-state index is 12.2. The summed E-state index contributed by atoms with van der Waals surface area (Å²) >= 11 is 6.13. The van der Waals surface area contributed by atoms with E-state index in [0.29, 0.717) is 23.2 Å². The summed E-state index contributed by atoms with van der Waals surface area (Å²) < 4.78 is 12.0. The number of benzene rings is 1. The van der Waals surface area contributed by atoms with Gasteiger partial charge in [0.1, 0.15) is 13.2 Å². The number of thiophene rings is 1. The average molecular weight is 423 g/mol. The van der Waals surface area contributed by atoms with Crippen LogP contribution in [-0.4, -0.2) is 24.1 Å². The van der Waals surface area contributed by atoms with Crippen LogP contribution < -0.4 is 14.8 Å². The van der Waals surface area contributed by atoms with E-state index in [1.165, 1.54) is 22.7 Å². The molecule has 1 aliphatic heterocycles. The molecule has 0 radical (unpaired) electrons. The van der Waals surface area contributed by atoms with Gasteiger partial charge in [-0.3, -0.25) is 10.1 Å². The zero-order valence-electron chi connectivity index (χ0n) is 12.2. The molecule has 24 heavy (non-hydrogen) atoms. The molecule has 0 spiro atoms. The van der Waals surface area contributed by atoms with E-state index in [1.54, 1.807) is 6.07 Å². The van der Waals surface area contributed by atoms with Gasteiger partial charge >= 0.3 is 0 Å². The molecule has 0 fully saturated rings. The lowest BCUT2D eigenvalue weighted by Gasteiger charge is -2.18. The molecule has 8 heteroatoms. The highest BCUT2D eigenvalue weighted by Gasteiger charge is 2.15. The van der Waals surface area contributed by atoms with Crippen molar-refractivity contribution in [2.75, 3.05) is 18.5 Å². The quantitative estimate of drug-likeness (QED) is 0.666. The predicted molar refractivity (Wildman–Crippen MR) is 98.5 cm³/mol. The Bertz CT molecular complexity index is 906. The molecule has 3 heterocycles. The van der Waals surface area contributed by atoms with E-state index in [-0.39, 0.29) is 5.91 Å². The van der Waals surface area contributed by atoms with Crippen LogP contribution in [0.5, 0.6) is 11.5 Å². The molecule has 4 rings (SSSR count). The molecule has 2 aromatic heterocycles. The number of hydrogen-bond acceptors (Lipinski definition) is 6. The van der Waals surface area contributed by atoms with Crippen molar-refractivity contribution in [3.8, 4) is 22.8 Å². The fourth-order valence-corrected chi connectivity index (χ4v) is 4.26. The van der Waals surface area contributed by atoms with E-state index in [4.69, 9.17) is 9.47 Å². The van der Waals surface area contributed by atoms with Gasteiger partial charge in [0.2, 0.25) is 0 Å². The summed E-state index contributed by atoms with van der Waals surface area (Å²) in [7, 11) is 0. The number of rotatable bonds is 3. The Kier molecular flexibility index (Phi) is 4.26. The van der Waals surface area contributed by atoms with Crippen LogP contribution in [0, 0.1) is 0 Å². The number of nitrogens with zero attached hydrogens (tertiary/aromatic N) is 1. The fraction of sp³-hybridized carbons (Fsp3) is 0.125. The Balaban J connectivity index is 1.53. The van der Waals surface area contributed by atoms with Crippen LogP contribution in [-0.2, 0) is 0 Å². The second kappa shape index (κ2) is 6.54. The van der Waals surface area contributed by atoms with Gasteiger partial charge in [-0.2, -0.15) is 0 Å². The van der Waals surface area contributed by atoms with Crippen molar-refractivity contribution in [3.63, 3.8) is 0 Å². The summed E-state index contributed by atoms with van der Waals surface area (Å²) in [6, 6.07) is 9.35. The Hall–Kier alpha value is -1.90. The number of carbonyl (C=O) groups excluding carboxylic acids is 1. The van der Waals surface area contributed by atoms with Gasteiger partial charge in [-0.05, 0) is 46.3 Å². The molecule has 0 atom stereocenters. The van der Waals surface area contributed by atoms with Crippen molar-refractivity contribution >= 4 is 49.6 Å². The predicted octanol–water partition coefficient (Wildman–Crippen LogP) is 4.66. The first-order chi connectivity index (χ1) is 11.7. The lowest BCUT2D eigenvalue weighted by atomic mass is 10.1. The van der Waals surface area contributed by atoms with E-state index < -0.39 is 0 Å². The number of thiazole rings is 1. The van der Waals surface area contributed by atoms with Crippen molar-refractivity contribution in [1.82, 2.24) is 4.98 Å². The van der Waals surface area contributed by atoms with E-state index in [2.05, 4.69) is 26.2 Å². The summed E-state index contributed by atoms with van der Waals surface area (Å²) in [5.41, 5.74) is 1.72. The molecule has 0 unspecified atom stereocenters. The van der Waals surface area contributed by atoms with Crippen molar-refractivity contribution in [2.24, 2.45) is 0 Å². The number of carbonyl (C=O) groups is 1. The smallest absolute Gasteiger partial charge is 0.267 e. The van der Waals surface area contributed by atoms with Gasteiger partial charge in [0.05, 0.1) is 14.4 Å². The zero-order valence-corrected chi connectivity index (χ0v) is 15.5. The van der Waals surface area contributed by atoms with Crippen LogP contribution in [0.2, 0.25) is 0 Å². The Morgan fingerprint density at radius 1 is 1.17 bits per heavy atom. The minimum Gasteiger partial charge on any atom is -0.486 e. The van der Waals surface area contributed by atoms with E-state index in [0.717, 1.165) is 26.5 Å². The number of fused-ring (bicyclic) bond motifs is 1. The van der Waals surface area contributed by atoms with Gasteiger partial charge in [-0.1, -0.05) is 0 Å². The van der Waals surface area contributed by atoms with Crippen LogP contribution in [0.15, 0.2) is 39.5 Å². The molecule has 3 aromatic rings. The van der Waals surface area contributed by atoms with E-state index in [9.17, 15) is 4.79 Å². The number of aromatic nitrogens is 1. The first-order valence-corrected chi connectivity index (χ1v) is 9.60. The molecule has 1 aliphatic rings. The number of halogens is 1. The van der Waals surface area contributed by atoms with Gasteiger partial charge in [0, 0.05) is 10.9 Å². The molecule has 5 nitrogen and oxygen atoms in total. The topological polar surface area (TPSA) is 60.5 Å². The molecule has 0 saturated carbocycles. The molecule has 1 aromatic carbocycles. The lowest BCUT2D eigenvalue weighted by molar-refractivity contribution is 0.103. The third-order valence-corrected chi connectivity index (χ3v) is 5.74. The normalized spacial score (nSPS) is 12.9. The van der Waals surface area contributed by atoms with Crippen molar-refractivity contribution in [1.29, 1.82) is 0 Å². The van der Waals surface area contributed by atoms with E-state index in [1.807, 2.05) is 29.6 Å². The molecular weight excluding hydrogens is 412 g/mol. The molecule has 1 amide bonds. The average Bonchev–Trinajstić information content (AvgIpc) is 3.23. The summed E-state index contributed by atoms with van der Waals surface area (Å²) in [4.78, 5) is 17.3. The molecule has 0 aliphatic carbocycles. The van der Waals surface area contributed by atoms with Crippen molar-refractivity contribution in [3.05, 3.63) is 44.4 Å². The Labute approximate surface area is 154 Å². The summed E-state index contributed by atoms with van der Waals surface area (Å²) in [6.07, 6.45) is 0. The number of amides is 1. The highest BCUT2D eigenvalue weighted by molar-refractivity contribution is 9.11. The third-order valence-electron chi connectivity index (χ3n) is 3.36. The summed E-state index contributed by atoms with van der Waals surface area (Å²) in [6.45, 7) is 1.11. The minimum absolute atomic E-state index is 0.159. The monoisotopic (exact) mass is 422 g/mol. The maximum Gasteiger partial charge on any atom is 0.267 e. The van der Waals surface area contributed by atoms with Gasteiger partial charge in [0.25, 0.3) is 5.91 Å². The first kappa shape index (κ1) is 15.6. The zero-order chi connectivity index (χ0) is 16.5. The highest BCUT2D eigenvalue weighted by atomic mass is 79.9. The molecular formula is C16H11BrN2O3S2. The van der Waals surface area contributed by atoms with Crippen LogP contribution in [0.3, 0.4) is 0 Å². The highest BCUT2D eigenvalue weighted by Crippen LogP contribution is 2.35. The van der Waals surface area contributed by atoms with Crippen LogP contribution in [0.25, 0.3) is 11.3 Å². The van der Waals surface area contributed by atoms with Gasteiger partial charge in [-0.15, -0.1) is 22.7 Å². The second-order valence-corrected chi connectivity index (χ2v) is 8.28. The second-order valence-electron chi connectivity index (χ2n) is 4.95. The molecule has 122 valence electrons.